The summed E-state index contributed by atoms with van der Waals surface area (Å²) < 4.78 is 5.01. The first kappa shape index (κ1) is 18.5. The summed E-state index contributed by atoms with van der Waals surface area (Å²) >= 11 is 0. The molecule has 0 heterocycles. The van der Waals surface area contributed by atoms with Crippen LogP contribution in [0.5, 0.6) is 5.75 Å². The van der Waals surface area contributed by atoms with Gasteiger partial charge < -0.3 is 20.5 Å². The van der Waals surface area contributed by atoms with Gasteiger partial charge in [0.15, 0.2) is 6.04 Å². The van der Waals surface area contributed by atoms with Crippen molar-refractivity contribution in [3.8, 4) is 5.75 Å². The van der Waals surface area contributed by atoms with Crippen LogP contribution < -0.4 is 15.4 Å². The Morgan fingerprint density at radius 1 is 1.13 bits per heavy atom. The molecule has 3 N–H and O–H groups in total. The number of amides is 2. The van der Waals surface area contributed by atoms with Gasteiger partial charge in [0.1, 0.15) is 5.75 Å². The molecule has 0 aromatic heterocycles. The molecule has 7 heteroatoms. The zero-order chi connectivity index (χ0) is 17.2. The molecular weight excluding hydrogens is 300 g/mol. The van der Waals surface area contributed by atoms with Crippen LogP contribution in [0.4, 0.5) is 0 Å². The summed E-state index contributed by atoms with van der Waals surface area (Å²) in [5.41, 5.74) is 0.454. The summed E-state index contributed by atoms with van der Waals surface area (Å²) in [5.74, 6) is -1.07. The highest BCUT2D eigenvalue weighted by molar-refractivity contribution is 5.85. The molecule has 0 spiro atoms. The largest absolute Gasteiger partial charge is 0.497 e. The Kier molecular flexibility index (Phi) is 7.59. The number of carboxylic acids is 1. The average Bonchev–Trinajstić information content (AvgIpc) is 2.53. The molecule has 1 rings (SSSR count). The number of nitrogens with one attached hydrogen (secondary N) is 2. The van der Waals surface area contributed by atoms with Gasteiger partial charge in [-0.3, -0.25) is 9.59 Å². The van der Waals surface area contributed by atoms with Crippen molar-refractivity contribution in [1.29, 1.82) is 0 Å². The van der Waals surface area contributed by atoms with Crippen molar-refractivity contribution in [2.75, 3.05) is 13.7 Å². The summed E-state index contributed by atoms with van der Waals surface area (Å²) in [4.78, 5) is 34.5. The fourth-order valence-corrected chi connectivity index (χ4v) is 2.01. The van der Waals surface area contributed by atoms with Crippen molar-refractivity contribution < 1.29 is 24.2 Å². The van der Waals surface area contributed by atoms with Gasteiger partial charge in [-0.1, -0.05) is 12.1 Å². The number of carbonyl (C=O) groups is 3. The van der Waals surface area contributed by atoms with Crippen molar-refractivity contribution in [2.24, 2.45) is 0 Å². The molecule has 0 radical (unpaired) electrons. The van der Waals surface area contributed by atoms with Gasteiger partial charge in [0.2, 0.25) is 11.8 Å². The lowest BCUT2D eigenvalue weighted by Crippen LogP contribution is -2.33. The van der Waals surface area contributed by atoms with E-state index in [4.69, 9.17) is 4.74 Å². The zero-order valence-corrected chi connectivity index (χ0v) is 13.3. The smallest absolute Gasteiger partial charge is 0.330 e. The van der Waals surface area contributed by atoms with E-state index in [1.807, 2.05) is 6.92 Å². The van der Waals surface area contributed by atoms with Crippen LogP contribution in [0.25, 0.3) is 0 Å². The van der Waals surface area contributed by atoms with Crippen LogP contribution in [0.15, 0.2) is 24.3 Å². The lowest BCUT2D eigenvalue weighted by atomic mass is 10.1. The summed E-state index contributed by atoms with van der Waals surface area (Å²) in [5, 5.41) is 14.4. The molecule has 2 amide bonds. The predicted molar refractivity (Wildman–Crippen MR) is 84.0 cm³/mol. The van der Waals surface area contributed by atoms with Crippen molar-refractivity contribution in [2.45, 2.75) is 32.2 Å². The van der Waals surface area contributed by atoms with Gasteiger partial charge >= 0.3 is 5.97 Å². The van der Waals surface area contributed by atoms with E-state index in [1.54, 1.807) is 24.3 Å². The van der Waals surface area contributed by atoms with E-state index in [0.717, 1.165) is 0 Å². The summed E-state index contributed by atoms with van der Waals surface area (Å²) in [6.45, 7) is 2.36. The highest BCUT2D eigenvalue weighted by atomic mass is 16.5. The van der Waals surface area contributed by atoms with E-state index in [9.17, 15) is 19.5 Å². The van der Waals surface area contributed by atoms with E-state index >= 15 is 0 Å². The maximum Gasteiger partial charge on any atom is 0.330 e. The van der Waals surface area contributed by atoms with Gasteiger partial charge in [-0.2, -0.15) is 0 Å². The van der Waals surface area contributed by atoms with Crippen LogP contribution >= 0.6 is 0 Å². The second-order valence-electron chi connectivity index (χ2n) is 4.92. The number of hydrogen-bond acceptors (Lipinski definition) is 4. The number of hydrogen-bond donors (Lipinski definition) is 3. The first-order chi connectivity index (χ1) is 11.0. The van der Waals surface area contributed by atoms with Gasteiger partial charge in [-0.05, 0) is 31.0 Å². The van der Waals surface area contributed by atoms with Crippen LogP contribution in [0.3, 0.4) is 0 Å². The van der Waals surface area contributed by atoms with E-state index in [-0.39, 0.29) is 18.7 Å². The summed E-state index contributed by atoms with van der Waals surface area (Å²) in [7, 11) is 1.51. The van der Waals surface area contributed by atoms with Gasteiger partial charge in [-0.15, -0.1) is 0 Å². The van der Waals surface area contributed by atoms with Crippen LogP contribution in [0, 0.1) is 0 Å². The number of aliphatic carboxylic acids is 1. The van der Waals surface area contributed by atoms with E-state index in [1.165, 1.54) is 7.11 Å². The lowest BCUT2D eigenvalue weighted by molar-refractivity contribution is -0.142. The van der Waals surface area contributed by atoms with Crippen LogP contribution in [0.2, 0.25) is 0 Å². The van der Waals surface area contributed by atoms with Gasteiger partial charge in [0.05, 0.1) is 7.11 Å². The minimum Gasteiger partial charge on any atom is -0.497 e. The third kappa shape index (κ3) is 6.37. The number of carboxylic acid groups (broad SMARTS) is 1. The second-order valence-corrected chi connectivity index (χ2v) is 4.92. The Morgan fingerprint density at radius 3 is 2.26 bits per heavy atom. The lowest BCUT2D eigenvalue weighted by Gasteiger charge is -2.15. The predicted octanol–water partition coefficient (Wildman–Crippen LogP) is 1.24. The Balaban J connectivity index is 2.56. The van der Waals surface area contributed by atoms with Crippen LogP contribution in [0.1, 0.15) is 37.8 Å². The topological polar surface area (TPSA) is 105 Å². The molecule has 126 valence electrons. The third-order valence-corrected chi connectivity index (χ3v) is 3.18. The Labute approximate surface area is 135 Å². The number of methoxy groups -OCH3 is 1. The number of carbonyl (C=O) groups excluding carboxylic acids is 2. The molecule has 0 saturated heterocycles. The van der Waals surface area contributed by atoms with E-state index < -0.39 is 17.9 Å². The molecular formula is C16H22N2O5. The standard InChI is InChI=1S/C16H22N2O5/c1-3-17-13(19)5-4-6-14(20)18-15(16(21)22)11-7-9-12(23-2)10-8-11/h7-10,15H,3-6H2,1-2H3,(H,17,19)(H,18,20)(H,21,22). The maximum absolute atomic E-state index is 11.9. The number of rotatable bonds is 9. The highest BCUT2D eigenvalue weighted by Crippen LogP contribution is 2.18. The van der Waals surface area contributed by atoms with Crippen molar-refractivity contribution >= 4 is 17.8 Å². The molecule has 0 fully saturated rings. The molecule has 23 heavy (non-hydrogen) atoms. The molecule has 0 bridgehead atoms. The second kappa shape index (κ2) is 9.45. The Hall–Kier alpha value is -2.57. The third-order valence-electron chi connectivity index (χ3n) is 3.18. The molecule has 0 aliphatic carbocycles. The monoisotopic (exact) mass is 322 g/mol. The first-order valence-corrected chi connectivity index (χ1v) is 7.40. The molecule has 1 unspecified atom stereocenters. The Bertz CT molecular complexity index is 542. The van der Waals surface area contributed by atoms with Crippen molar-refractivity contribution in [3.63, 3.8) is 0 Å². The van der Waals surface area contributed by atoms with Gasteiger partial charge in [0, 0.05) is 19.4 Å². The minimum atomic E-state index is -1.15. The maximum atomic E-state index is 11.9. The molecule has 1 atom stereocenters. The average molecular weight is 322 g/mol. The van der Waals surface area contributed by atoms with E-state index in [2.05, 4.69) is 10.6 Å². The number of ether oxygens (including phenoxy) is 1. The highest BCUT2D eigenvalue weighted by Gasteiger charge is 2.21. The van der Waals surface area contributed by atoms with Gasteiger partial charge in [0.25, 0.3) is 0 Å². The van der Waals surface area contributed by atoms with Crippen LogP contribution in [-0.2, 0) is 14.4 Å². The first-order valence-electron chi connectivity index (χ1n) is 7.40. The van der Waals surface area contributed by atoms with E-state index in [0.29, 0.717) is 24.3 Å². The molecule has 1 aromatic carbocycles. The number of benzene rings is 1. The molecule has 0 saturated carbocycles. The Morgan fingerprint density at radius 2 is 1.74 bits per heavy atom. The SMILES string of the molecule is CCNC(=O)CCCC(=O)NC(C(=O)O)c1ccc(OC)cc1. The normalized spacial score (nSPS) is 11.4. The fourth-order valence-electron chi connectivity index (χ4n) is 2.01. The molecule has 0 aliphatic heterocycles. The van der Waals surface area contributed by atoms with Gasteiger partial charge in [-0.25, -0.2) is 4.79 Å². The fraction of sp³-hybridized carbons (Fsp3) is 0.438. The molecule has 0 aliphatic rings. The summed E-state index contributed by atoms with van der Waals surface area (Å²) in [6.07, 6.45) is 0.700. The zero-order valence-electron chi connectivity index (χ0n) is 13.3. The molecule has 1 aromatic rings. The minimum absolute atomic E-state index is 0.0943. The van der Waals surface area contributed by atoms with Crippen LogP contribution in [-0.4, -0.2) is 36.5 Å². The van der Waals surface area contributed by atoms with Crippen molar-refractivity contribution in [3.05, 3.63) is 29.8 Å². The summed E-state index contributed by atoms with van der Waals surface area (Å²) in [6, 6.07) is 5.32. The quantitative estimate of drug-likeness (QED) is 0.634. The molecule has 7 nitrogen and oxygen atoms in total. The van der Waals surface area contributed by atoms with Crippen molar-refractivity contribution in [1.82, 2.24) is 10.6 Å².